The molecule has 60 heavy (non-hydrogen) atoms. The van der Waals surface area contributed by atoms with Crippen LogP contribution in [-0.2, 0) is 51.0 Å². The van der Waals surface area contributed by atoms with Gasteiger partial charge in [-0.25, -0.2) is 4.79 Å². The van der Waals surface area contributed by atoms with Crippen LogP contribution in [0.4, 0.5) is 5.69 Å². The Kier molecular flexibility index (Phi) is 20.5. The molecule has 8 atom stereocenters. The maximum Gasteiger partial charge on any atom is 0.328 e. The molecular formula is C46H72N6O8. The minimum absolute atomic E-state index is 0.00237. The SMILES string of the molecule is CCC(C)C(C(CC(=O)N1CCC[C@H]1C(OC)C(C)C(=O)N[C@@H](Cc1ccccc1)C(=O)OC)OC)N(C)C(=O)CNC(=O)C(C(C)C)N(C)CCc1ccc(NC)cc1. The monoisotopic (exact) mass is 837 g/mol. The number of benzene rings is 2. The first-order valence-electron chi connectivity index (χ1n) is 21.4. The highest BCUT2D eigenvalue weighted by Crippen LogP contribution is 2.29. The lowest BCUT2D eigenvalue weighted by Crippen LogP contribution is -2.55. The van der Waals surface area contributed by atoms with Gasteiger partial charge in [-0.3, -0.25) is 24.1 Å². The van der Waals surface area contributed by atoms with Gasteiger partial charge in [0.2, 0.25) is 23.6 Å². The number of rotatable bonds is 24. The summed E-state index contributed by atoms with van der Waals surface area (Å²) in [5.74, 6) is -2.33. The summed E-state index contributed by atoms with van der Waals surface area (Å²) in [4.78, 5) is 73.4. The van der Waals surface area contributed by atoms with Crippen LogP contribution in [0.15, 0.2) is 54.6 Å². The Bertz CT molecular complexity index is 1660. The number of amides is 4. The molecule has 2 aromatic rings. The van der Waals surface area contributed by atoms with Crippen molar-refractivity contribution in [3.63, 3.8) is 0 Å². The molecule has 6 unspecified atom stereocenters. The van der Waals surface area contributed by atoms with Crippen LogP contribution < -0.4 is 16.0 Å². The van der Waals surface area contributed by atoms with Gasteiger partial charge in [0.1, 0.15) is 6.04 Å². The van der Waals surface area contributed by atoms with Crippen molar-refractivity contribution in [3.8, 4) is 0 Å². The normalized spacial score (nSPS) is 17.6. The fourth-order valence-corrected chi connectivity index (χ4v) is 8.50. The first kappa shape index (κ1) is 49.8. The number of likely N-dealkylation sites (N-methyl/N-ethyl adjacent to an activating group) is 2. The number of nitrogens with zero attached hydrogens (tertiary/aromatic N) is 3. The lowest BCUT2D eigenvalue weighted by Gasteiger charge is -2.39. The number of methoxy groups -OCH3 is 3. The molecule has 2 aromatic carbocycles. The van der Waals surface area contributed by atoms with Crippen LogP contribution in [0.3, 0.4) is 0 Å². The van der Waals surface area contributed by atoms with Crippen molar-refractivity contribution < 1.29 is 38.2 Å². The van der Waals surface area contributed by atoms with E-state index in [4.69, 9.17) is 14.2 Å². The Hall–Kier alpha value is -4.53. The molecule has 1 fully saturated rings. The standard InChI is InChI=1S/C46H72N6O8/c1-12-31(4)42(51(8)40(54)29-48-45(56)41(30(2)3)50(7)26-24-33-20-22-35(47-6)23-21-33)38(58-9)28-39(53)52-25-16-19-37(52)43(59-10)32(5)44(55)49-36(46(57)60-11)27-34-17-14-13-15-18-34/h13-15,17-18,20-23,30-32,36-38,41-43,47H,12,16,19,24-29H2,1-11H3,(H,48,56)(H,49,55)/t31?,32?,36-,37-,38?,41?,42?,43?/m0/s1. The van der Waals surface area contributed by atoms with Crippen molar-refractivity contribution in [2.45, 2.75) is 110 Å². The smallest absolute Gasteiger partial charge is 0.328 e. The number of esters is 1. The van der Waals surface area contributed by atoms with E-state index in [2.05, 4.69) is 28.1 Å². The molecule has 1 aliphatic rings. The quantitative estimate of drug-likeness (QED) is 0.131. The molecular weight excluding hydrogens is 765 g/mol. The van der Waals surface area contributed by atoms with Gasteiger partial charge in [-0.05, 0) is 61.4 Å². The third-order valence-corrected chi connectivity index (χ3v) is 12.2. The van der Waals surface area contributed by atoms with Gasteiger partial charge in [0.05, 0.1) is 56.3 Å². The van der Waals surface area contributed by atoms with E-state index in [0.29, 0.717) is 19.5 Å². The van der Waals surface area contributed by atoms with Crippen LogP contribution in [0.5, 0.6) is 0 Å². The van der Waals surface area contributed by atoms with Crippen molar-refractivity contribution >= 4 is 35.3 Å². The van der Waals surface area contributed by atoms with Gasteiger partial charge in [0, 0.05) is 53.5 Å². The third kappa shape index (κ3) is 13.8. The van der Waals surface area contributed by atoms with E-state index in [1.165, 1.54) is 19.8 Å². The molecule has 14 heteroatoms. The van der Waals surface area contributed by atoms with Crippen LogP contribution in [0, 0.1) is 17.8 Å². The van der Waals surface area contributed by atoms with Gasteiger partial charge in [0.15, 0.2) is 0 Å². The number of hydrogen-bond acceptors (Lipinski definition) is 10. The van der Waals surface area contributed by atoms with Crippen molar-refractivity contribution in [3.05, 3.63) is 65.7 Å². The maximum atomic E-state index is 14.2. The van der Waals surface area contributed by atoms with Crippen molar-refractivity contribution in [1.82, 2.24) is 25.3 Å². The van der Waals surface area contributed by atoms with E-state index in [1.54, 1.807) is 30.9 Å². The van der Waals surface area contributed by atoms with E-state index in [1.807, 2.05) is 89.2 Å². The van der Waals surface area contributed by atoms with Gasteiger partial charge in [-0.15, -0.1) is 0 Å². The Morgan fingerprint density at radius 2 is 1.55 bits per heavy atom. The fraction of sp³-hybridized carbons (Fsp3) is 0.630. The van der Waals surface area contributed by atoms with Crippen molar-refractivity contribution in [2.75, 3.05) is 67.4 Å². The van der Waals surface area contributed by atoms with E-state index in [-0.39, 0.29) is 54.9 Å². The average Bonchev–Trinajstić information content (AvgIpc) is 3.74. The van der Waals surface area contributed by atoms with Crippen LogP contribution >= 0.6 is 0 Å². The van der Waals surface area contributed by atoms with E-state index in [0.717, 1.165) is 30.5 Å². The predicted octanol–water partition coefficient (Wildman–Crippen LogP) is 4.16. The average molecular weight is 837 g/mol. The lowest BCUT2D eigenvalue weighted by molar-refractivity contribution is -0.148. The second-order valence-corrected chi connectivity index (χ2v) is 16.5. The molecule has 0 aliphatic carbocycles. The first-order valence-corrected chi connectivity index (χ1v) is 21.4. The number of ether oxygens (including phenoxy) is 3. The highest BCUT2D eigenvalue weighted by Gasteiger charge is 2.42. The Morgan fingerprint density at radius 1 is 0.883 bits per heavy atom. The number of hydrogen-bond donors (Lipinski definition) is 3. The highest BCUT2D eigenvalue weighted by molar-refractivity contribution is 5.88. The van der Waals surface area contributed by atoms with Gasteiger partial charge in [-0.1, -0.05) is 83.5 Å². The summed E-state index contributed by atoms with van der Waals surface area (Å²) in [6.07, 6.45) is 1.83. The second-order valence-electron chi connectivity index (χ2n) is 16.5. The molecule has 1 heterocycles. The molecule has 0 aromatic heterocycles. The number of carbonyl (C=O) groups excluding carboxylic acids is 5. The molecule has 1 aliphatic heterocycles. The van der Waals surface area contributed by atoms with Crippen molar-refractivity contribution in [2.24, 2.45) is 17.8 Å². The molecule has 0 saturated carbocycles. The minimum atomic E-state index is -0.894. The molecule has 0 bridgehead atoms. The van der Waals surface area contributed by atoms with Crippen LogP contribution in [0.1, 0.15) is 71.4 Å². The summed E-state index contributed by atoms with van der Waals surface area (Å²) >= 11 is 0. The summed E-state index contributed by atoms with van der Waals surface area (Å²) < 4.78 is 16.9. The lowest BCUT2D eigenvalue weighted by atomic mass is 9.90. The van der Waals surface area contributed by atoms with E-state index < -0.39 is 48.3 Å². The Labute approximate surface area is 358 Å². The third-order valence-electron chi connectivity index (χ3n) is 12.2. The fourth-order valence-electron chi connectivity index (χ4n) is 8.50. The molecule has 14 nitrogen and oxygen atoms in total. The predicted molar refractivity (Wildman–Crippen MR) is 234 cm³/mol. The van der Waals surface area contributed by atoms with Crippen LogP contribution in [-0.4, -0.2) is 143 Å². The molecule has 3 rings (SSSR count). The zero-order valence-electron chi connectivity index (χ0n) is 37.9. The second kappa shape index (κ2) is 24.7. The highest BCUT2D eigenvalue weighted by atomic mass is 16.5. The van der Waals surface area contributed by atoms with E-state index in [9.17, 15) is 24.0 Å². The van der Waals surface area contributed by atoms with Gasteiger partial charge < -0.3 is 40.0 Å². The number of nitrogens with one attached hydrogen (secondary N) is 3. The van der Waals surface area contributed by atoms with Gasteiger partial charge >= 0.3 is 5.97 Å². The zero-order valence-corrected chi connectivity index (χ0v) is 37.9. The molecule has 0 spiro atoms. The Morgan fingerprint density at radius 3 is 2.12 bits per heavy atom. The largest absolute Gasteiger partial charge is 0.467 e. The summed E-state index contributed by atoms with van der Waals surface area (Å²) in [5.41, 5.74) is 3.08. The van der Waals surface area contributed by atoms with Crippen molar-refractivity contribution in [1.29, 1.82) is 0 Å². The summed E-state index contributed by atoms with van der Waals surface area (Å²) in [7, 11) is 9.88. The van der Waals surface area contributed by atoms with Gasteiger partial charge in [-0.2, -0.15) is 0 Å². The van der Waals surface area contributed by atoms with Crippen LogP contribution in [0.2, 0.25) is 0 Å². The topological polar surface area (TPSA) is 159 Å². The van der Waals surface area contributed by atoms with E-state index >= 15 is 0 Å². The molecule has 334 valence electrons. The molecule has 0 radical (unpaired) electrons. The first-order chi connectivity index (χ1) is 28.6. The summed E-state index contributed by atoms with van der Waals surface area (Å²) in [6.45, 7) is 10.7. The van der Waals surface area contributed by atoms with Gasteiger partial charge in [0.25, 0.3) is 0 Å². The molecule has 1 saturated heterocycles. The minimum Gasteiger partial charge on any atom is -0.467 e. The number of likely N-dealkylation sites (tertiary alicyclic amines) is 1. The number of anilines is 1. The molecule has 4 amide bonds. The van der Waals surface area contributed by atoms with Crippen LogP contribution in [0.25, 0.3) is 0 Å². The Balaban J connectivity index is 1.67. The summed E-state index contributed by atoms with van der Waals surface area (Å²) in [5, 5.41) is 8.89. The maximum absolute atomic E-state index is 14.2. The summed E-state index contributed by atoms with van der Waals surface area (Å²) in [6, 6.07) is 15.4. The number of carbonyl (C=O) groups is 5. The molecule has 3 N–H and O–H groups in total. The zero-order chi connectivity index (χ0) is 44.5.